The number of carbonyl (C=O) groups is 3. The number of ketones is 2. The highest BCUT2D eigenvalue weighted by Gasteiger charge is 2.77. The summed E-state index contributed by atoms with van der Waals surface area (Å²) in [6, 6.07) is 0. The summed E-state index contributed by atoms with van der Waals surface area (Å²) in [7, 11) is 0. The van der Waals surface area contributed by atoms with Gasteiger partial charge in [-0.15, -0.1) is 0 Å². The summed E-state index contributed by atoms with van der Waals surface area (Å²) >= 11 is 2.00. The van der Waals surface area contributed by atoms with Crippen molar-refractivity contribution in [2.24, 2.45) is 28.6 Å². The molecular weight excluding hydrogens is 526 g/mol. The molecule has 8 atom stereocenters. The largest absolute Gasteiger partial charge is 0.450 e. The Morgan fingerprint density at radius 1 is 1.31 bits per heavy atom. The minimum atomic E-state index is -1.96. The van der Waals surface area contributed by atoms with E-state index in [1.807, 2.05) is 36.4 Å². The standard InChI is InChI=1S/C25H32FIO5/c1-5-21(31)32-25(20(30)13-27)14(2)10-18-17-7-6-15-11-16(28)8-9-22(15,3)24(17,26)19(29)12-23(18,25)4/h8-9,11,14,17-19,29H,5-7,10,12-13H2,1-4H3/t14-,17+,18+,19+,22+,23+,24+,25+/m1/s1. The van der Waals surface area contributed by atoms with Gasteiger partial charge in [-0.05, 0) is 50.7 Å². The Bertz CT molecular complexity index is 929. The number of aliphatic hydroxyl groups excluding tert-OH is 1. The second-order valence-electron chi connectivity index (χ2n) is 10.5. The first kappa shape index (κ1) is 24.0. The van der Waals surface area contributed by atoms with Gasteiger partial charge in [0.25, 0.3) is 0 Å². The van der Waals surface area contributed by atoms with Gasteiger partial charge in [0.1, 0.15) is 0 Å². The van der Waals surface area contributed by atoms with Crippen molar-refractivity contribution >= 4 is 40.1 Å². The molecule has 5 nitrogen and oxygen atoms in total. The molecule has 0 heterocycles. The number of hydrogen-bond acceptors (Lipinski definition) is 5. The van der Waals surface area contributed by atoms with Crippen molar-refractivity contribution in [3.8, 4) is 0 Å². The van der Waals surface area contributed by atoms with Crippen molar-refractivity contribution in [3.05, 3.63) is 23.8 Å². The van der Waals surface area contributed by atoms with Gasteiger partial charge in [-0.25, -0.2) is 4.39 Å². The third-order valence-corrected chi connectivity index (χ3v) is 9.97. The van der Waals surface area contributed by atoms with Crippen LogP contribution in [0.3, 0.4) is 0 Å². The van der Waals surface area contributed by atoms with Crippen LogP contribution in [-0.2, 0) is 19.1 Å². The van der Waals surface area contributed by atoms with Crippen LogP contribution in [0.4, 0.5) is 4.39 Å². The van der Waals surface area contributed by atoms with E-state index in [0.717, 1.165) is 5.57 Å². The van der Waals surface area contributed by atoms with Crippen LogP contribution in [0.25, 0.3) is 0 Å². The first-order valence-corrected chi connectivity index (χ1v) is 13.1. The molecule has 3 saturated carbocycles. The fraction of sp³-hybridized carbons (Fsp3) is 0.720. The Hall–Kier alpha value is -1.09. The van der Waals surface area contributed by atoms with Crippen molar-refractivity contribution in [3.63, 3.8) is 0 Å². The molecule has 1 N–H and O–H groups in total. The van der Waals surface area contributed by atoms with E-state index in [-0.39, 0.29) is 40.7 Å². The van der Waals surface area contributed by atoms with Gasteiger partial charge in [0, 0.05) is 29.1 Å². The van der Waals surface area contributed by atoms with Crippen LogP contribution >= 0.6 is 22.6 Å². The zero-order chi connectivity index (χ0) is 23.7. The molecule has 0 saturated heterocycles. The number of ether oxygens (including phenoxy) is 1. The number of allylic oxidation sites excluding steroid dienone is 4. The molecule has 3 fully saturated rings. The molecule has 7 heteroatoms. The molecule has 4 aliphatic carbocycles. The van der Waals surface area contributed by atoms with Crippen LogP contribution in [0.1, 0.15) is 59.8 Å². The van der Waals surface area contributed by atoms with Crippen LogP contribution in [-0.4, -0.2) is 44.4 Å². The second kappa shape index (κ2) is 7.72. The SMILES string of the molecule is CCC(=O)O[C@]1(C(=O)CI)[C@H](C)C[C@H]2[C@@H]3CCC4=CC(=O)C=C[C@]4(C)[C@@]3(F)[C@@H](O)C[C@@]21C. The Morgan fingerprint density at radius 3 is 2.62 bits per heavy atom. The maximum atomic E-state index is 17.2. The Balaban J connectivity index is 1.85. The quantitative estimate of drug-likeness (QED) is 0.316. The van der Waals surface area contributed by atoms with Gasteiger partial charge in [-0.3, -0.25) is 14.4 Å². The third-order valence-electron chi connectivity index (χ3n) is 9.28. The van der Waals surface area contributed by atoms with E-state index in [1.165, 1.54) is 12.2 Å². The molecule has 0 aromatic rings. The molecule has 0 aliphatic heterocycles. The monoisotopic (exact) mass is 558 g/mol. The van der Waals surface area contributed by atoms with Gasteiger partial charge in [-0.2, -0.15) is 0 Å². The van der Waals surface area contributed by atoms with Crippen molar-refractivity contribution in [2.45, 2.75) is 77.2 Å². The fourth-order valence-corrected chi connectivity index (χ4v) is 8.32. The van der Waals surface area contributed by atoms with Crippen LogP contribution in [0.15, 0.2) is 23.8 Å². The lowest BCUT2D eigenvalue weighted by Gasteiger charge is -2.62. The molecule has 0 unspecified atom stereocenters. The number of alkyl halides is 2. The van der Waals surface area contributed by atoms with E-state index < -0.39 is 40.1 Å². The highest BCUT2D eigenvalue weighted by atomic mass is 127. The number of fused-ring (bicyclic) bond motifs is 5. The van der Waals surface area contributed by atoms with E-state index >= 15 is 4.39 Å². The maximum absolute atomic E-state index is 17.2. The summed E-state index contributed by atoms with van der Waals surface area (Å²) in [5.41, 5.74) is -4.55. The molecule has 0 bridgehead atoms. The number of hydrogen-bond donors (Lipinski definition) is 1. The lowest BCUT2D eigenvalue weighted by molar-refractivity contribution is -0.226. The number of Topliss-reactive ketones (excluding diaryl/α,β-unsaturated/α-hetero) is 1. The van der Waals surface area contributed by atoms with Crippen molar-refractivity contribution in [2.75, 3.05) is 4.43 Å². The summed E-state index contributed by atoms with van der Waals surface area (Å²) in [6.45, 7) is 7.29. The summed E-state index contributed by atoms with van der Waals surface area (Å²) in [5.74, 6) is -1.78. The van der Waals surface area contributed by atoms with E-state index in [4.69, 9.17) is 4.74 Å². The highest BCUT2D eigenvalue weighted by molar-refractivity contribution is 14.1. The average molecular weight is 558 g/mol. The smallest absolute Gasteiger partial charge is 0.306 e. The van der Waals surface area contributed by atoms with Gasteiger partial charge in [0.15, 0.2) is 22.8 Å². The second-order valence-corrected chi connectivity index (χ2v) is 11.3. The first-order valence-electron chi connectivity index (χ1n) is 11.5. The van der Waals surface area contributed by atoms with Crippen molar-refractivity contribution in [1.82, 2.24) is 0 Å². The van der Waals surface area contributed by atoms with Gasteiger partial charge >= 0.3 is 5.97 Å². The minimum Gasteiger partial charge on any atom is -0.450 e. The zero-order valence-corrected chi connectivity index (χ0v) is 21.3. The molecule has 4 rings (SSSR count). The average Bonchev–Trinajstić information content (AvgIpc) is 2.96. The van der Waals surface area contributed by atoms with Crippen LogP contribution in [0.2, 0.25) is 0 Å². The van der Waals surface area contributed by atoms with E-state index in [0.29, 0.717) is 19.3 Å². The predicted octanol–water partition coefficient (Wildman–Crippen LogP) is 4.30. The number of carbonyl (C=O) groups excluding carboxylic acids is 3. The molecule has 0 aromatic carbocycles. The van der Waals surface area contributed by atoms with Gasteiger partial charge in [0.05, 0.1) is 10.5 Å². The number of halogens is 2. The van der Waals surface area contributed by atoms with E-state index in [9.17, 15) is 19.5 Å². The summed E-state index contributed by atoms with van der Waals surface area (Å²) in [4.78, 5) is 37.9. The lowest BCUT2D eigenvalue weighted by Crippen LogP contribution is -2.70. The third kappa shape index (κ3) is 2.79. The molecule has 0 spiro atoms. The van der Waals surface area contributed by atoms with E-state index in [2.05, 4.69) is 0 Å². The number of aliphatic hydroxyl groups is 1. The predicted molar refractivity (Wildman–Crippen MR) is 126 cm³/mol. The Kier molecular flexibility index (Phi) is 5.80. The lowest BCUT2D eigenvalue weighted by atomic mass is 9.44. The fourth-order valence-electron chi connectivity index (χ4n) is 7.75. The molecule has 4 aliphatic rings. The number of esters is 1. The van der Waals surface area contributed by atoms with Crippen LogP contribution < -0.4 is 0 Å². The summed E-state index contributed by atoms with van der Waals surface area (Å²) in [5, 5.41) is 11.4. The molecule has 0 amide bonds. The maximum Gasteiger partial charge on any atom is 0.306 e. The van der Waals surface area contributed by atoms with Crippen LogP contribution in [0.5, 0.6) is 0 Å². The summed E-state index contributed by atoms with van der Waals surface area (Å²) < 4.78 is 23.4. The Labute approximate surface area is 202 Å². The Morgan fingerprint density at radius 2 is 2.00 bits per heavy atom. The van der Waals surface area contributed by atoms with Gasteiger partial charge in [0.2, 0.25) is 0 Å². The molecule has 32 heavy (non-hydrogen) atoms. The number of rotatable bonds is 4. The topological polar surface area (TPSA) is 80.7 Å². The summed E-state index contributed by atoms with van der Waals surface area (Å²) in [6.07, 6.45) is 4.97. The molecule has 176 valence electrons. The zero-order valence-electron chi connectivity index (χ0n) is 19.1. The van der Waals surface area contributed by atoms with E-state index in [1.54, 1.807) is 19.9 Å². The molecule has 0 aromatic heterocycles. The van der Waals surface area contributed by atoms with Gasteiger partial charge in [-0.1, -0.05) is 55.0 Å². The molecule has 0 radical (unpaired) electrons. The minimum absolute atomic E-state index is 0.0268. The highest BCUT2D eigenvalue weighted by Crippen LogP contribution is 2.71. The van der Waals surface area contributed by atoms with Crippen molar-refractivity contribution in [1.29, 1.82) is 0 Å². The molecular formula is C25H32FIO5. The first-order chi connectivity index (χ1) is 14.9. The van der Waals surface area contributed by atoms with Crippen molar-refractivity contribution < 1.29 is 28.6 Å². The van der Waals surface area contributed by atoms with Gasteiger partial charge < -0.3 is 9.84 Å². The van der Waals surface area contributed by atoms with Crippen LogP contribution in [0, 0.1) is 28.6 Å². The normalized spacial score (nSPS) is 47.2.